The van der Waals surface area contributed by atoms with Crippen molar-refractivity contribution in [3.8, 4) is 6.07 Å². The van der Waals surface area contributed by atoms with Crippen LogP contribution in [-0.2, 0) is 12.6 Å². The first-order valence-electron chi connectivity index (χ1n) is 11.6. The van der Waals surface area contributed by atoms with Crippen LogP contribution in [0, 0.1) is 16.7 Å². The SMILES string of the molecule is Cn1nccc1C(=O)N1CC2(C1)CN(c1cncc(N3C(=O)c4ccc(C#N)cc4C3(C)C)c1)C2. The largest absolute Gasteiger partial charge is 0.369 e. The van der Waals surface area contributed by atoms with Crippen molar-refractivity contribution in [1.29, 1.82) is 5.26 Å². The number of hydrogen-bond acceptors (Lipinski definition) is 6. The van der Waals surface area contributed by atoms with E-state index in [9.17, 15) is 14.9 Å². The molecule has 1 aromatic carbocycles. The molecule has 2 aromatic heterocycles. The first kappa shape index (κ1) is 21.4. The smallest absolute Gasteiger partial charge is 0.272 e. The summed E-state index contributed by atoms with van der Waals surface area (Å²) < 4.78 is 1.61. The average Bonchev–Trinajstić information content (AvgIpc) is 3.30. The van der Waals surface area contributed by atoms with Gasteiger partial charge in [0.1, 0.15) is 5.69 Å². The van der Waals surface area contributed by atoms with Gasteiger partial charge in [0.15, 0.2) is 0 Å². The number of rotatable bonds is 3. The van der Waals surface area contributed by atoms with Gasteiger partial charge >= 0.3 is 0 Å². The first-order valence-corrected chi connectivity index (χ1v) is 11.6. The number of benzene rings is 1. The maximum absolute atomic E-state index is 13.3. The van der Waals surface area contributed by atoms with E-state index in [0.29, 0.717) is 16.8 Å². The number of pyridine rings is 1. The number of amides is 2. The number of anilines is 2. The van der Waals surface area contributed by atoms with E-state index in [0.717, 1.165) is 43.1 Å². The van der Waals surface area contributed by atoms with Gasteiger partial charge in [-0.15, -0.1) is 0 Å². The van der Waals surface area contributed by atoms with Crippen LogP contribution >= 0.6 is 0 Å². The summed E-state index contributed by atoms with van der Waals surface area (Å²) in [5, 5.41) is 13.4. The van der Waals surface area contributed by atoms with Gasteiger partial charge < -0.3 is 9.80 Å². The van der Waals surface area contributed by atoms with E-state index in [4.69, 9.17) is 0 Å². The Morgan fingerprint density at radius 1 is 1.06 bits per heavy atom. The number of hydrogen-bond donors (Lipinski definition) is 0. The van der Waals surface area contributed by atoms with E-state index in [2.05, 4.69) is 21.1 Å². The third-order valence-corrected chi connectivity index (χ3v) is 7.57. The Bertz CT molecular complexity index is 1420. The van der Waals surface area contributed by atoms with Crippen molar-refractivity contribution in [3.05, 3.63) is 71.3 Å². The van der Waals surface area contributed by atoms with Crippen molar-refractivity contribution in [2.24, 2.45) is 12.5 Å². The fraction of sp³-hybridized carbons (Fsp3) is 0.346. The molecule has 5 heterocycles. The Labute approximate surface area is 203 Å². The molecular weight excluding hydrogens is 442 g/mol. The standard InChI is InChI=1S/C26H25N7O2/c1-25(2)21-8-17(10-27)4-5-20(21)23(34)33(25)19-9-18(11-28-12-19)31-13-26(14-31)15-32(16-26)24(35)22-6-7-29-30(22)3/h4-9,11-12H,13-16H2,1-3H3. The van der Waals surface area contributed by atoms with Gasteiger partial charge in [0.25, 0.3) is 11.8 Å². The van der Waals surface area contributed by atoms with E-state index < -0.39 is 5.54 Å². The normalized spacial score (nSPS) is 19.3. The summed E-state index contributed by atoms with van der Waals surface area (Å²) in [4.78, 5) is 36.3. The van der Waals surface area contributed by atoms with Crippen molar-refractivity contribution >= 4 is 23.2 Å². The molecule has 0 atom stereocenters. The van der Waals surface area contributed by atoms with Crippen molar-refractivity contribution < 1.29 is 9.59 Å². The molecule has 0 radical (unpaired) electrons. The molecule has 3 aliphatic rings. The molecule has 2 fully saturated rings. The van der Waals surface area contributed by atoms with Gasteiger partial charge in [-0.05, 0) is 49.7 Å². The molecule has 3 aliphatic heterocycles. The summed E-state index contributed by atoms with van der Waals surface area (Å²) in [5.41, 5.74) is 3.82. The van der Waals surface area contributed by atoms with Gasteiger partial charge in [-0.1, -0.05) is 0 Å². The summed E-state index contributed by atoms with van der Waals surface area (Å²) in [7, 11) is 1.78. The fourth-order valence-electron chi connectivity index (χ4n) is 5.75. The number of aromatic nitrogens is 3. The highest BCUT2D eigenvalue weighted by molar-refractivity contribution is 6.12. The average molecular weight is 468 g/mol. The molecule has 1 spiro atoms. The zero-order chi connectivity index (χ0) is 24.5. The summed E-state index contributed by atoms with van der Waals surface area (Å²) in [6.45, 7) is 7.13. The first-order chi connectivity index (χ1) is 16.7. The van der Waals surface area contributed by atoms with E-state index in [1.54, 1.807) is 53.3 Å². The summed E-state index contributed by atoms with van der Waals surface area (Å²) >= 11 is 0. The second-order valence-electron chi connectivity index (χ2n) is 10.3. The van der Waals surface area contributed by atoms with Crippen LogP contribution in [0.2, 0.25) is 0 Å². The van der Waals surface area contributed by atoms with E-state index in [1.807, 2.05) is 31.0 Å². The third kappa shape index (κ3) is 3.06. The second-order valence-corrected chi connectivity index (χ2v) is 10.3. The number of fused-ring (bicyclic) bond motifs is 1. The number of nitriles is 1. The molecule has 0 unspecified atom stereocenters. The molecule has 2 amide bonds. The number of likely N-dealkylation sites (tertiary alicyclic amines) is 1. The molecule has 9 heteroatoms. The minimum absolute atomic E-state index is 0.0200. The predicted molar refractivity (Wildman–Crippen MR) is 129 cm³/mol. The molecule has 2 saturated heterocycles. The molecule has 0 N–H and O–H groups in total. The molecular formula is C26H25N7O2. The van der Waals surface area contributed by atoms with Crippen LogP contribution in [0.25, 0.3) is 0 Å². The fourth-order valence-corrected chi connectivity index (χ4v) is 5.75. The number of aryl methyl sites for hydroxylation is 1. The van der Waals surface area contributed by atoms with Crippen LogP contribution in [0.1, 0.15) is 45.8 Å². The van der Waals surface area contributed by atoms with Crippen LogP contribution in [0.15, 0.2) is 48.9 Å². The summed E-state index contributed by atoms with van der Waals surface area (Å²) in [6.07, 6.45) is 5.18. The van der Waals surface area contributed by atoms with Crippen LogP contribution in [0.4, 0.5) is 11.4 Å². The predicted octanol–water partition coefficient (Wildman–Crippen LogP) is 2.54. The highest BCUT2D eigenvalue weighted by Gasteiger charge is 2.54. The summed E-state index contributed by atoms with van der Waals surface area (Å²) in [6, 6.07) is 11.2. The highest BCUT2D eigenvalue weighted by Crippen LogP contribution is 2.45. The minimum atomic E-state index is -0.601. The molecule has 0 aliphatic carbocycles. The lowest BCUT2D eigenvalue weighted by Gasteiger charge is -2.60. The van der Waals surface area contributed by atoms with Crippen LogP contribution in [0.3, 0.4) is 0 Å². The Morgan fingerprint density at radius 2 is 1.80 bits per heavy atom. The van der Waals surface area contributed by atoms with E-state index in [1.165, 1.54) is 0 Å². The minimum Gasteiger partial charge on any atom is -0.369 e. The number of nitrogens with zero attached hydrogens (tertiary/aromatic N) is 7. The van der Waals surface area contributed by atoms with Crippen LogP contribution in [-0.4, -0.2) is 57.7 Å². The number of carbonyl (C=O) groups is 2. The third-order valence-electron chi connectivity index (χ3n) is 7.57. The summed E-state index contributed by atoms with van der Waals surface area (Å²) in [5.74, 6) is -0.0662. The molecule has 35 heavy (non-hydrogen) atoms. The maximum atomic E-state index is 13.3. The number of carbonyl (C=O) groups excluding carboxylic acids is 2. The van der Waals surface area contributed by atoms with Crippen LogP contribution in [0.5, 0.6) is 0 Å². The Balaban J connectivity index is 1.17. The second kappa shape index (κ2) is 7.15. The van der Waals surface area contributed by atoms with Gasteiger partial charge in [0.05, 0.1) is 40.9 Å². The Hall–Kier alpha value is -4.19. The van der Waals surface area contributed by atoms with Gasteiger partial charge in [0, 0.05) is 50.4 Å². The Kier molecular flexibility index (Phi) is 4.36. The quantitative estimate of drug-likeness (QED) is 0.587. The molecule has 0 saturated carbocycles. The van der Waals surface area contributed by atoms with Crippen LogP contribution < -0.4 is 9.80 Å². The molecule has 3 aromatic rings. The lowest BCUT2D eigenvalue weighted by Crippen LogP contribution is -2.73. The molecule has 9 nitrogen and oxygen atoms in total. The highest BCUT2D eigenvalue weighted by atomic mass is 16.2. The zero-order valence-electron chi connectivity index (χ0n) is 19.9. The van der Waals surface area contributed by atoms with Gasteiger partial charge in [-0.25, -0.2) is 0 Å². The lowest BCUT2D eigenvalue weighted by molar-refractivity contribution is -0.0112. The monoisotopic (exact) mass is 467 g/mol. The van der Waals surface area contributed by atoms with Crippen molar-refractivity contribution in [2.75, 3.05) is 36.0 Å². The van der Waals surface area contributed by atoms with E-state index >= 15 is 0 Å². The molecule has 0 bridgehead atoms. The van der Waals surface area contributed by atoms with Crippen molar-refractivity contribution in [2.45, 2.75) is 19.4 Å². The Morgan fingerprint density at radius 3 is 2.49 bits per heavy atom. The topological polar surface area (TPSA) is 98.4 Å². The van der Waals surface area contributed by atoms with Gasteiger partial charge in [-0.3, -0.25) is 24.2 Å². The maximum Gasteiger partial charge on any atom is 0.272 e. The van der Waals surface area contributed by atoms with Crippen molar-refractivity contribution in [1.82, 2.24) is 19.7 Å². The van der Waals surface area contributed by atoms with Gasteiger partial charge in [-0.2, -0.15) is 10.4 Å². The zero-order valence-corrected chi connectivity index (χ0v) is 19.9. The lowest BCUT2D eigenvalue weighted by atomic mass is 9.72. The molecule has 176 valence electrons. The molecule has 6 rings (SSSR count). The van der Waals surface area contributed by atoms with Gasteiger partial charge in [0.2, 0.25) is 0 Å². The van der Waals surface area contributed by atoms with Crippen molar-refractivity contribution in [3.63, 3.8) is 0 Å². The van der Waals surface area contributed by atoms with E-state index in [-0.39, 0.29) is 17.2 Å².